The van der Waals surface area contributed by atoms with Gasteiger partial charge in [0, 0.05) is 48.0 Å². The van der Waals surface area contributed by atoms with Crippen molar-refractivity contribution in [3.8, 4) is 33.8 Å². The molecule has 0 saturated carbocycles. The third-order valence-corrected chi connectivity index (χ3v) is 5.98. The van der Waals surface area contributed by atoms with Crippen molar-refractivity contribution in [3.05, 3.63) is 78.4 Å². The van der Waals surface area contributed by atoms with Gasteiger partial charge in [0.15, 0.2) is 17.1 Å². The van der Waals surface area contributed by atoms with Crippen molar-refractivity contribution in [1.29, 1.82) is 0 Å². The number of hydrogen-bond acceptors (Lipinski definition) is 6. The molecule has 5 heterocycles. The number of H-pyrrole nitrogens is 2. The Balaban J connectivity index is 1.47. The predicted molar refractivity (Wildman–Crippen MR) is 133 cm³/mol. The lowest BCUT2D eigenvalue weighted by molar-refractivity contribution is 0.628. The van der Waals surface area contributed by atoms with Crippen LogP contribution in [-0.4, -0.2) is 41.7 Å². The van der Waals surface area contributed by atoms with E-state index in [0.29, 0.717) is 40.3 Å². The molecule has 6 aromatic rings. The highest BCUT2D eigenvalue weighted by molar-refractivity contribution is 5.96. The van der Waals surface area contributed by atoms with Gasteiger partial charge in [-0.3, -0.25) is 10.1 Å². The van der Waals surface area contributed by atoms with Crippen LogP contribution >= 0.6 is 0 Å². The molecule has 10 heteroatoms. The molecule has 0 aliphatic heterocycles. The average Bonchev–Trinajstić information content (AvgIpc) is 3.53. The Morgan fingerprint density at radius 1 is 0.917 bits per heavy atom. The Hall–Kier alpha value is -4.57. The molecule has 178 valence electrons. The Labute approximate surface area is 203 Å². The normalized spacial score (nSPS) is 11.5. The highest BCUT2D eigenvalue weighted by Crippen LogP contribution is 2.34. The first-order valence-corrected chi connectivity index (χ1v) is 11.4. The highest BCUT2D eigenvalue weighted by Gasteiger charge is 2.21. The number of fused-ring (bicyclic) bond motifs is 2. The first kappa shape index (κ1) is 21.9. The first-order valence-electron chi connectivity index (χ1n) is 11.4. The largest absolute Gasteiger partial charge is 0.321 e. The molecule has 0 aliphatic rings. The van der Waals surface area contributed by atoms with Crippen LogP contribution in [0.25, 0.3) is 56.0 Å². The molecule has 0 unspecified atom stereocenters. The molecule has 3 N–H and O–H groups in total. The Kier molecular flexibility index (Phi) is 5.42. The summed E-state index contributed by atoms with van der Waals surface area (Å²) in [5, 5.41) is 10.6. The maximum Gasteiger partial charge on any atom is 0.161 e. The third kappa shape index (κ3) is 3.77. The molecule has 8 nitrogen and oxygen atoms in total. The minimum absolute atomic E-state index is 0.215. The minimum atomic E-state index is -0.474. The Morgan fingerprint density at radius 3 is 2.61 bits per heavy atom. The van der Waals surface area contributed by atoms with Gasteiger partial charge in [0.05, 0.1) is 5.39 Å². The molecule has 0 saturated heterocycles. The van der Waals surface area contributed by atoms with E-state index in [1.54, 1.807) is 36.8 Å². The van der Waals surface area contributed by atoms with E-state index in [4.69, 9.17) is 0 Å². The van der Waals surface area contributed by atoms with Crippen LogP contribution in [0.2, 0.25) is 0 Å². The third-order valence-electron chi connectivity index (χ3n) is 5.98. The monoisotopic (exact) mass is 482 g/mol. The van der Waals surface area contributed by atoms with E-state index in [2.05, 4.69) is 40.4 Å². The molecule has 5 aromatic heterocycles. The van der Waals surface area contributed by atoms with Gasteiger partial charge >= 0.3 is 0 Å². The molecule has 0 bridgehead atoms. The van der Waals surface area contributed by atoms with Crippen LogP contribution in [0.3, 0.4) is 0 Å². The lowest BCUT2D eigenvalue weighted by Gasteiger charge is -2.07. The van der Waals surface area contributed by atoms with E-state index in [-0.39, 0.29) is 16.9 Å². The number of aromatic nitrogens is 7. The second-order valence-electron chi connectivity index (χ2n) is 8.29. The summed E-state index contributed by atoms with van der Waals surface area (Å²) in [6.45, 7) is 3.47. The van der Waals surface area contributed by atoms with Crippen molar-refractivity contribution in [3.63, 3.8) is 0 Å². The molecule has 1 aromatic carbocycles. The minimum Gasteiger partial charge on any atom is -0.321 e. The lowest BCUT2D eigenvalue weighted by atomic mass is 10.1. The molecule has 0 aliphatic carbocycles. The topological polar surface area (TPSA) is 108 Å². The van der Waals surface area contributed by atoms with Gasteiger partial charge in [-0.15, -0.1) is 0 Å². The van der Waals surface area contributed by atoms with E-state index >= 15 is 4.39 Å². The van der Waals surface area contributed by atoms with Crippen molar-refractivity contribution in [2.24, 2.45) is 0 Å². The van der Waals surface area contributed by atoms with Gasteiger partial charge in [-0.1, -0.05) is 19.1 Å². The maximum atomic E-state index is 15.9. The smallest absolute Gasteiger partial charge is 0.161 e. The zero-order valence-corrected chi connectivity index (χ0v) is 19.2. The van der Waals surface area contributed by atoms with Crippen LogP contribution in [0.5, 0.6) is 0 Å². The number of benzene rings is 1. The summed E-state index contributed by atoms with van der Waals surface area (Å²) in [5.74, 6) is -0.454. The molecule has 0 amide bonds. The van der Waals surface area contributed by atoms with Crippen molar-refractivity contribution in [2.75, 3.05) is 6.54 Å². The summed E-state index contributed by atoms with van der Waals surface area (Å²) in [5.41, 5.74) is 5.10. The number of aromatic amines is 2. The fourth-order valence-corrected chi connectivity index (χ4v) is 4.21. The van der Waals surface area contributed by atoms with Gasteiger partial charge in [0.1, 0.15) is 22.8 Å². The fourth-order valence-electron chi connectivity index (χ4n) is 4.21. The van der Waals surface area contributed by atoms with Crippen molar-refractivity contribution < 1.29 is 8.78 Å². The van der Waals surface area contributed by atoms with Crippen molar-refractivity contribution in [2.45, 2.75) is 13.5 Å². The molecule has 0 radical (unpaired) electrons. The van der Waals surface area contributed by atoms with E-state index in [0.717, 1.165) is 23.2 Å². The van der Waals surface area contributed by atoms with Crippen LogP contribution in [0.4, 0.5) is 8.78 Å². The summed E-state index contributed by atoms with van der Waals surface area (Å²) >= 11 is 0. The molecule has 36 heavy (non-hydrogen) atoms. The zero-order valence-electron chi connectivity index (χ0n) is 19.2. The summed E-state index contributed by atoms with van der Waals surface area (Å²) < 4.78 is 29.3. The second-order valence-corrected chi connectivity index (χ2v) is 8.29. The van der Waals surface area contributed by atoms with Gasteiger partial charge < -0.3 is 10.3 Å². The summed E-state index contributed by atoms with van der Waals surface area (Å²) in [6, 6.07) is 9.83. The van der Waals surface area contributed by atoms with Crippen LogP contribution in [0.15, 0.2) is 61.2 Å². The quantitative estimate of drug-likeness (QED) is 0.308. The number of halogens is 2. The maximum absolute atomic E-state index is 15.9. The Morgan fingerprint density at radius 2 is 1.78 bits per heavy atom. The average molecular weight is 482 g/mol. The molecular weight excluding hydrogens is 462 g/mol. The zero-order chi connectivity index (χ0) is 24.6. The van der Waals surface area contributed by atoms with E-state index in [1.165, 1.54) is 18.3 Å². The number of imidazole rings is 1. The van der Waals surface area contributed by atoms with E-state index in [1.807, 2.05) is 13.0 Å². The van der Waals surface area contributed by atoms with Crippen LogP contribution in [0, 0.1) is 11.6 Å². The summed E-state index contributed by atoms with van der Waals surface area (Å²) in [4.78, 5) is 20.8. The van der Waals surface area contributed by atoms with Crippen LogP contribution < -0.4 is 5.32 Å². The number of rotatable bonds is 6. The standard InChI is InChI=1S/C26H20F2N8/c1-2-29-10-14-9-16(12-30-11-14)19-13-32-24-20(21(19)28)23(35-36-24)26-33-22-18(7-8-31-25(22)34-26)15-3-5-17(27)6-4-15/h3-9,11-13,29H,2,10H2,1H3,(H,31,33,34)(H,32,35,36). The number of pyridine rings is 3. The van der Waals surface area contributed by atoms with Gasteiger partial charge in [0.2, 0.25) is 0 Å². The van der Waals surface area contributed by atoms with Crippen molar-refractivity contribution >= 4 is 22.2 Å². The van der Waals surface area contributed by atoms with Gasteiger partial charge in [0.25, 0.3) is 0 Å². The van der Waals surface area contributed by atoms with E-state index in [9.17, 15) is 4.39 Å². The summed E-state index contributed by atoms with van der Waals surface area (Å²) in [6.07, 6.45) is 6.47. The molecule has 0 fully saturated rings. The fraction of sp³-hybridized carbons (Fsp3) is 0.115. The second kappa shape index (κ2) is 8.90. The van der Waals surface area contributed by atoms with Gasteiger partial charge in [-0.2, -0.15) is 5.10 Å². The summed E-state index contributed by atoms with van der Waals surface area (Å²) in [7, 11) is 0. The number of nitrogens with one attached hydrogen (secondary N) is 3. The molecule has 0 spiro atoms. The molecule has 6 rings (SSSR count). The van der Waals surface area contributed by atoms with Crippen LogP contribution in [0.1, 0.15) is 12.5 Å². The molecule has 0 atom stereocenters. The first-order chi connectivity index (χ1) is 17.6. The van der Waals surface area contributed by atoms with E-state index < -0.39 is 5.82 Å². The van der Waals surface area contributed by atoms with Gasteiger partial charge in [-0.25, -0.2) is 23.7 Å². The predicted octanol–water partition coefficient (Wildman–Crippen LogP) is 5.01. The molecular formula is C26H20F2N8. The van der Waals surface area contributed by atoms with Crippen molar-refractivity contribution in [1.82, 2.24) is 40.4 Å². The highest BCUT2D eigenvalue weighted by atomic mass is 19.1. The SMILES string of the molecule is CCNCc1cncc(-c2cnc3[nH]nc(-c4nc5c(-c6ccc(F)cc6)ccnc5[nH]4)c3c2F)c1. The Bertz CT molecular complexity index is 1710. The number of nitrogens with zero attached hydrogens (tertiary/aromatic N) is 5. The van der Waals surface area contributed by atoms with Crippen LogP contribution in [-0.2, 0) is 6.54 Å². The lowest BCUT2D eigenvalue weighted by Crippen LogP contribution is -2.11. The van der Waals surface area contributed by atoms with Gasteiger partial charge in [-0.05, 0) is 41.9 Å². The number of hydrogen-bond donors (Lipinski definition) is 3.